The smallest absolute Gasteiger partial charge is 0.356 e. The maximum Gasteiger partial charge on any atom is 0.356 e. The van der Waals surface area contributed by atoms with E-state index in [-0.39, 0.29) is 17.7 Å². The fraction of sp³-hybridized carbons (Fsp3) is 0.733. The Hall–Kier alpha value is -1.03. The molecule has 2 fully saturated rings. The molecule has 0 spiro atoms. The molecule has 1 aromatic heterocycles. The number of aromatic carboxylic acids is 1. The van der Waals surface area contributed by atoms with Crippen molar-refractivity contribution in [3.8, 4) is 0 Å². The summed E-state index contributed by atoms with van der Waals surface area (Å²) in [6.07, 6.45) is 10.1. The molecule has 0 unspecified atom stereocenters. The Morgan fingerprint density at radius 2 is 1.70 bits per heavy atom. The van der Waals surface area contributed by atoms with Crippen molar-refractivity contribution < 1.29 is 9.90 Å². The molecule has 0 atom stereocenters. The topological polar surface area (TPSA) is 55.1 Å². The molecule has 0 saturated heterocycles. The highest BCUT2D eigenvalue weighted by atomic mass is 35.5. The van der Waals surface area contributed by atoms with Gasteiger partial charge in [0.25, 0.3) is 0 Å². The minimum Gasteiger partial charge on any atom is -0.476 e. The third kappa shape index (κ3) is 2.46. The van der Waals surface area contributed by atoms with Gasteiger partial charge in [-0.3, -0.25) is 0 Å². The highest BCUT2D eigenvalue weighted by molar-refractivity contribution is 6.31. The molecule has 2 aliphatic rings. The fourth-order valence-electron chi connectivity index (χ4n) is 3.73. The first-order chi connectivity index (χ1) is 9.68. The molecule has 110 valence electrons. The number of hydrogen-bond acceptors (Lipinski definition) is 2. The van der Waals surface area contributed by atoms with Crippen molar-refractivity contribution in [1.82, 2.24) is 9.78 Å². The molecule has 0 aliphatic heterocycles. The van der Waals surface area contributed by atoms with Crippen molar-refractivity contribution in [3.05, 3.63) is 16.4 Å². The van der Waals surface area contributed by atoms with Crippen LogP contribution in [0.3, 0.4) is 0 Å². The summed E-state index contributed by atoms with van der Waals surface area (Å²) < 4.78 is 1.79. The van der Waals surface area contributed by atoms with Gasteiger partial charge in [0, 0.05) is 5.56 Å². The molecule has 2 aliphatic carbocycles. The number of halogens is 1. The maximum absolute atomic E-state index is 11.5. The van der Waals surface area contributed by atoms with Crippen LogP contribution in [0.2, 0.25) is 5.15 Å². The second kappa shape index (κ2) is 5.76. The number of rotatable bonds is 3. The van der Waals surface area contributed by atoms with Crippen LogP contribution < -0.4 is 0 Å². The minimum atomic E-state index is -0.941. The molecule has 20 heavy (non-hydrogen) atoms. The lowest BCUT2D eigenvalue weighted by molar-refractivity contribution is 0.0687. The van der Waals surface area contributed by atoms with E-state index in [0.717, 1.165) is 44.1 Å². The maximum atomic E-state index is 11.5. The summed E-state index contributed by atoms with van der Waals surface area (Å²) in [5.41, 5.74) is 0.986. The van der Waals surface area contributed by atoms with E-state index in [9.17, 15) is 9.90 Å². The first kappa shape index (κ1) is 13.9. The summed E-state index contributed by atoms with van der Waals surface area (Å²) in [7, 11) is 0. The minimum absolute atomic E-state index is 0.189. The van der Waals surface area contributed by atoms with Gasteiger partial charge in [0.2, 0.25) is 0 Å². The molecule has 1 aromatic rings. The van der Waals surface area contributed by atoms with Crippen LogP contribution >= 0.6 is 11.6 Å². The van der Waals surface area contributed by atoms with Gasteiger partial charge in [0.15, 0.2) is 5.69 Å². The van der Waals surface area contributed by atoms with Crippen LogP contribution in [0.1, 0.15) is 85.8 Å². The molecule has 0 aromatic carbocycles. The molecule has 0 amide bonds. The van der Waals surface area contributed by atoms with Crippen LogP contribution in [0.4, 0.5) is 0 Å². The zero-order valence-electron chi connectivity index (χ0n) is 11.6. The SMILES string of the molecule is O=C(O)c1nn(C2CCCC2)c(Cl)c1C1CCCCC1. The van der Waals surface area contributed by atoms with Crippen LogP contribution in [0.15, 0.2) is 0 Å². The van der Waals surface area contributed by atoms with E-state index in [2.05, 4.69) is 5.10 Å². The Morgan fingerprint density at radius 3 is 2.30 bits per heavy atom. The van der Waals surface area contributed by atoms with Crippen molar-refractivity contribution in [2.24, 2.45) is 0 Å². The van der Waals surface area contributed by atoms with E-state index in [1.807, 2.05) is 0 Å². The lowest BCUT2D eigenvalue weighted by Gasteiger charge is -2.21. The zero-order valence-corrected chi connectivity index (χ0v) is 12.4. The van der Waals surface area contributed by atoms with E-state index < -0.39 is 5.97 Å². The van der Waals surface area contributed by atoms with Crippen LogP contribution in [0.25, 0.3) is 0 Å². The number of carbonyl (C=O) groups is 1. The fourth-order valence-corrected chi connectivity index (χ4v) is 4.15. The van der Waals surface area contributed by atoms with E-state index in [4.69, 9.17) is 11.6 Å². The summed E-state index contributed by atoms with van der Waals surface area (Å²) in [5, 5.41) is 14.4. The van der Waals surface area contributed by atoms with Gasteiger partial charge in [-0.1, -0.05) is 43.7 Å². The Labute approximate surface area is 124 Å². The zero-order chi connectivity index (χ0) is 14.1. The predicted molar refractivity (Wildman–Crippen MR) is 77.5 cm³/mol. The average molecular weight is 297 g/mol. The Bertz CT molecular complexity index is 500. The Kier molecular flexibility index (Phi) is 4.01. The molecule has 0 radical (unpaired) electrons. The summed E-state index contributed by atoms with van der Waals surface area (Å²) in [5.74, 6) is -0.665. The van der Waals surface area contributed by atoms with Gasteiger partial charge in [-0.15, -0.1) is 0 Å². The van der Waals surface area contributed by atoms with E-state index >= 15 is 0 Å². The van der Waals surface area contributed by atoms with Gasteiger partial charge < -0.3 is 5.11 Å². The first-order valence-corrected chi connectivity index (χ1v) is 8.07. The van der Waals surface area contributed by atoms with E-state index in [1.54, 1.807) is 4.68 Å². The summed E-state index contributed by atoms with van der Waals surface area (Å²) in [4.78, 5) is 11.5. The van der Waals surface area contributed by atoms with Crippen molar-refractivity contribution in [3.63, 3.8) is 0 Å². The van der Waals surface area contributed by atoms with Crippen LogP contribution in [0, 0.1) is 0 Å². The molecule has 1 heterocycles. The van der Waals surface area contributed by atoms with Gasteiger partial charge in [-0.05, 0) is 31.6 Å². The molecule has 5 heteroatoms. The monoisotopic (exact) mass is 296 g/mol. The molecule has 2 saturated carbocycles. The second-order valence-corrected chi connectivity index (χ2v) is 6.43. The Morgan fingerprint density at radius 1 is 1.10 bits per heavy atom. The number of hydrogen-bond donors (Lipinski definition) is 1. The second-order valence-electron chi connectivity index (χ2n) is 6.08. The van der Waals surface area contributed by atoms with Crippen LogP contribution in [0.5, 0.6) is 0 Å². The standard InChI is InChI=1S/C15H21ClN2O2/c16-14-12(10-6-2-1-3-7-10)13(15(19)20)17-18(14)11-8-4-5-9-11/h10-11H,1-9H2,(H,19,20). The molecule has 1 N–H and O–H groups in total. The van der Waals surface area contributed by atoms with E-state index in [1.165, 1.54) is 19.3 Å². The average Bonchev–Trinajstić information content (AvgIpc) is 3.07. The number of nitrogens with zero attached hydrogens (tertiary/aromatic N) is 2. The van der Waals surface area contributed by atoms with Crippen molar-refractivity contribution in [1.29, 1.82) is 0 Å². The van der Waals surface area contributed by atoms with Crippen LogP contribution in [-0.4, -0.2) is 20.9 Å². The normalized spacial score (nSPS) is 21.4. The first-order valence-electron chi connectivity index (χ1n) is 7.69. The summed E-state index contributed by atoms with van der Waals surface area (Å²) in [6, 6.07) is 0.290. The van der Waals surface area contributed by atoms with Crippen molar-refractivity contribution in [2.75, 3.05) is 0 Å². The largest absolute Gasteiger partial charge is 0.476 e. The molecule has 0 bridgehead atoms. The number of carboxylic acid groups (broad SMARTS) is 1. The van der Waals surface area contributed by atoms with Crippen molar-refractivity contribution >= 4 is 17.6 Å². The molecular formula is C15H21ClN2O2. The van der Waals surface area contributed by atoms with Gasteiger partial charge in [-0.2, -0.15) is 5.10 Å². The number of carboxylic acids is 1. The van der Waals surface area contributed by atoms with Gasteiger partial charge >= 0.3 is 5.97 Å². The number of aromatic nitrogens is 2. The molecular weight excluding hydrogens is 276 g/mol. The lowest BCUT2D eigenvalue weighted by Crippen LogP contribution is -2.09. The lowest BCUT2D eigenvalue weighted by atomic mass is 9.84. The predicted octanol–water partition coefficient (Wildman–Crippen LogP) is 4.40. The highest BCUT2D eigenvalue weighted by Gasteiger charge is 2.31. The Balaban J connectivity index is 1.99. The molecule has 4 nitrogen and oxygen atoms in total. The van der Waals surface area contributed by atoms with Gasteiger partial charge in [0.1, 0.15) is 5.15 Å². The quantitative estimate of drug-likeness (QED) is 0.899. The summed E-state index contributed by atoms with van der Waals surface area (Å²) >= 11 is 6.52. The molecule has 3 rings (SSSR count). The third-order valence-electron chi connectivity index (χ3n) is 4.77. The van der Waals surface area contributed by atoms with Gasteiger partial charge in [-0.25, -0.2) is 9.48 Å². The van der Waals surface area contributed by atoms with Crippen LogP contribution in [-0.2, 0) is 0 Å². The van der Waals surface area contributed by atoms with E-state index in [0.29, 0.717) is 5.15 Å². The third-order valence-corrected chi connectivity index (χ3v) is 5.15. The van der Waals surface area contributed by atoms with Gasteiger partial charge in [0.05, 0.1) is 6.04 Å². The van der Waals surface area contributed by atoms with Crippen molar-refractivity contribution in [2.45, 2.75) is 69.7 Å². The highest BCUT2D eigenvalue weighted by Crippen LogP contribution is 2.41. The summed E-state index contributed by atoms with van der Waals surface area (Å²) in [6.45, 7) is 0.